The average molecular weight is 300 g/mol. The fraction of sp³-hybridized carbons (Fsp3) is 0.769. The summed E-state index contributed by atoms with van der Waals surface area (Å²) >= 11 is 1.71. The molecule has 1 saturated carbocycles. The molecule has 1 unspecified atom stereocenters. The molecule has 1 saturated heterocycles. The van der Waals surface area contributed by atoms with Crippen LogP contribution in [0.15, 0.2) is 0 Å². The van der Waals surface area contributed by atoms with Crippen LogP contribution in [0.2, 0.25) is 0 Å². The lowest BCUT2D eigenvalue weighted by atomic mass is 10.1. The van der Waals surface area contributed by atoms with E-state index in [4.69, 9.17) is 0 Å². The number of hydrogen-bond acceptors (Lipinski definition) is 5. The van der Waals surface area contributed by atoms with E-state index in [1.165, 1.54) is 17.7 Å². The highest BCUT2D eigenvalue weighted by atomic mass is 32.2. The van der Waals surface area contributed by atoms with Gasteiger partial charge >= 0.3 is 0 Å². The quantitative estimate of drug-likeness (QED) is 0.902. The first-order valence-corrected chi connectivity index (χ1v) is 9.63. The third-order valence-electron chi connectivity index (χ3n) is 3.84. The van der Waals surface area contributed by atoms with Crippen molar-refractivity contribution in [2.24, 2.45) is 0 Å². The number of nitrogens with zero attached hydrogens (tertiary/aromatic N) is 1. The predicted octanol–water partition coefficient (Wildman–Crippen LogP) is 1.86. The highest BCUT2D eigenvalue weighted by molar-refractivity contribution is 7.91. The van der Waals surface area contributed by atoms with Crippen LogP contribution < -0.4 is 5.32 Å². The number of hydrogen-bond donors (Lipinski definition) is 1. The molecule has 106 valence electrons. The highest BCUT2D eigenvalue weighted by Crippen LogP contribution is 2.33. The molecule has 0 bridgehead atoms. The average Bonchev–Trinajstić information content (AvgIpc) is 3.00. The van der Waals surface area contributed by atoms with Crippen molar-refractivity contribution in [3.8, 4) is 0 Å². The molecule has 0 amide bonds. The van der Waals surface area contributed by atoms with Gasteiger partial charge in [0.25, 0.3) is 0 Å². The Hall–Kier alpha value is -0.460. The molecule has 1 aromatic heterocycles. The lowest BCUT2D eigenvalue weighted by Crippen LogP contribution is -2.15. The van der Waals surface area contributed by atoms with Crippen molar-refractivity contribution >= 4 is 21.2 Å². The minimum Gasteiger partial charge on any atom is -0.309 e. The van der Waals surface area contributed by atoms with E-state index < -0.39 is 9.84 Å². The molecule has 2 fully saturated rings. The zero-order valence-corrected chi connectivity index (χ0v) is 12.8. The zero-order chi connectivity index (χ0) is 13.5. The Morgan fingerprint density at radius 1 is 1.37 bits per heavy atom. The van der Waals surface area contributed by atoms with E-state index in [1.807, 2.05) is 0 Å². The number of rotatable bonds is 5. The van der Waals surface area contributed by atoms with E-state index >= 15 is 0 Å². The van der Waals surface area contributed by atoms with Gasteiger partial charge in [0, 0.05) is 23.4 Å². The lowest BCUT2D eigenvalue weighted by Gasteiger charge is -2.01. The molecular weight excluding hydrogens is 280 g/mol. The van der Waals surface area contributed by atoms with E-state index in [9.17, 15) is 8.42 Å². The van der Waals surface area contributed by atoms with E-state index in [0.29, 0.717) is 17.5 Å². The van der Waals surface area contributed by atoms with Gasteiger partial charge in [-0.2, -0.15) is 0 Å². The number of aryl methyl sites for hydroxylation is 1. The summed E-state index contributed by atoms with van der Waals surface area (Å²) in [6.45, 7) is 3.01. The van der Waals surface area contributed by atoms with Crippen LogP contribution in [0.5, 0.6) is 0 Å². The van der Waals surface area contributed by atoms with Gasteiger partial charge in [-0.05, 0) is 25.7 Å². The van der Waals surface area contributed by atoms with Crippen molar-refractivity contribution < 1.29 is 8.42 Å². The molecule has 6 heteroatoms. The minimum absolute atomic E-state index is 0.134. The van der Waals surface area contributed by atoms with Crippen molar-refractivity contribution in [3.05, 3.63) is 15.6 Å². The van der Waals surface area contributed by atoms with Gasteiger partial charge in [-0.25, -0.2) is 13.4 Å². The smallest absolute Gasteiger partial charge is 0.151 e. The van der Waals surface area contributed by atoms with E-state index in [2.05, 4.69) is 17.2 Å². The summed E-state index contributed by atoms with van der Waals surface area (Å²) in [5, 5.41) is 4.55. The molecule has 0 spiro atoms. The number of nitrogens with one attached hydrogen (secondary N) is 1. The lowest BCUT2D eigenvalue weighted by molar-refractivity contribution is 0.601. The molecule has 2 heterocycles. The second kappa shape index (κ2) is 5.14. The van der Waals surface area contributed by atoms with Crippen LogP contribution in [0.3, 0.4) is 0 Å². The highest BCUT2D eigenvalue weighted by Gasteiger charge is 2.31. The molecule has 19 heavy (non-hydrogen) atoms. The summed E-state index contributed by atoms with van der Waals surface area (Å²) in [4.78, 5) is 5.99. The van der Waals surface area contributed by atoms with Crippen molar-refractivity contribution in [1.82, 2.24) is 10.3 Å². The third-order valence-corrected chi connectivity index (χ3v) is 6.87. The van der Waals surface area contributed by atoms with Gasteiger partial charge in [0.05, 0.1) is 22.2 Å². The summed E-state index contributed by atoms with van der Waals surface area (Å²) in [5.74, 6) is 0.753. The van der Waals surface area contributed by atoms with Gasteiger partial charge in [-0.15, -0.1) is 11.3 Å². The van der Waals surface area contributed by atoms with Crippen molar-refractivity contribution in [1.29, 1.82) is 0 Å². The summed E-state index contributed by atoms with van der Waals surface area (Å²) in [5.41, 5.74) is 1.15. The normalized spacial score (nSPS) is 25.8. The maximum absolute atomic E-state index is 11.6. The molecule has 3 rings (SSSR count). The van der Waals surface area contributed by atoms with E-state index in [-0.39, 0.29) is 5.92 Å². The first kappa shape index (κ1) is 13.5. The molecule has 4 nitrogen and oxygen atoms in total. The molecule has 1 aromatic rings. The Kier molecular flexibility index (Phi) is 3.66. The maximum Gasteiger partial charge on any atom is 0.151 e. The Labute approximate surface area is 118 Å². The van der Waals surface area contributed by atoms with Gasteiger partial charge in [0.15, 0.2) is 9.84 Å². The van der Waals surface area contributed by atoms with Gasteiger partial charge in [0.1, 0.15) is 0 Å². The van der Waals surface area contributed by atoms with Crippen LogP contribution in [0, 0.1) is 0 Å². The van der Waals surface area contributed by atoms with Gasteiger partial charge in [-0.1, -0.05) is 6.92 Å². The first-order chi connectivity index (χ1) is 9.07. The van der Waals surface area contributed by atoms with Crippen LogP contribution in [0.4, 0.5) is 0 Å². The molecule has 1 aliphatic carbocycles. The monoisotopic (exact) mass is 300 g/mol. The SMILES string of the molecule is CCc1nc(C2CCS(=O)(=O)C2)sc1CNC1CC1. The largest absolute Gasteiger partial charge is 0.309 e. The van der Waals surface area contributed by atoms with Gasteiger partial charge in [0.2, 0.25) is 0 Å². The second-order valence-electron chi connectivity index (χ2n) is 5.53. The van der Waals surface area contributed by atoms with Crippen molar-refractivity contribution in [2.75, 3.05) is 11.5 Å². The molecule has 1 N–H and O–H groups in total. The molecule has 0 radical (unpaired) electrons. The van der Waals surface area contributed by atoms with Crippen molar-refractivity contribution in [2.45, 2.75) is 51.1 Å². The fourth-order valence-corrected chi connectivity index (χ4v) is 5.60. The number of sulfone groups is 1. The van der Waals surface area contributed by atoms with Gasteiger partial charge in [-0.3, -0.25) is 0 Å². The molecular formula is C13H20N2O2S2. The van der Waals surface area contributed by atoms with Crippen molar-refractivity contribution in [3.63, 3.8) is 0 Å². The van der Waals surface area contributed by atoms with E-state index in [1.54, 1.807) is 11.3 Å². The molecule has 0 aromatic carbocycles. The Bertz CT molecular complexity index is 561. The molecule has 1 aliphatic heterocycles. The topological polar surface area (TPSA) is 59.1 Å². The summed E-state index contributed by atoms with van der Waals surface area (Å²) in [6, 6.07) is 0.696. The third kappa shape index (κ3) is 3.17. The summed E-state index contributed by atoms with van der Waals surface area (Å²) in [7, 11) is -2.82. The Morgan fingerprint density at radius 3 is 2.74 bits per heavy atom. The Morgan fingerprint density at radius 2 is 2.16 bits per heavy atom. The first-order valence-electron chi connectivity index (χ1n) is 6.99. The van der Waals surface area contributed by atoms with E-state index in [0.717, 1.165) is 30.1 Å². The molecule has 1 atom stereocenters. The van der Waals surface area contributed by atoms with Crippen LogP contribution in [0.25, 0.3) is 0 Å². The standard InChI is InChI=1S/C13H20N2O2S2/c1-2-11-12(7-14-10-3-4-10)18-13(15-11)9-5-6-19(16,17)8-9/h9-10,14H,2-8H2,1H3. The van der Waals surface area contributed by atoms with Gasteiger partial charge < -0.3 is 5.32 Å². The minimum atomic E-state index is -2.82. The zero-order valence-electron chi connectivity index (χ0n) is 11.2. The second-order valence-corrected chi connectivity index (χ2v) is 8.87. The number of thiazole rings is 1. The van der Waals surface area contributed by atoms with Crippen LogP contribution in [-0.2, 0) is 22.8 Å². The maximum atomic E-state index is 11.6. The summed E-state index contributed by atoms with van der Waals surface area (Å²) < 4.78 is 23.1. The number of aromatic nitrogens is 1. The summed E-state index contributed by atoms with van der Waals surface area (Å²) in [6.07, 6.45) is 4.24. The van der Waals surface area contributed by atoms with Crippen LogP contribution in [-0.4, -0.2) is 30.9 Å². The fourth-order valence-electron chi connectivity index (χ4n) is 2.51. The predicted molar refractivity (Wildman–Crippen MR) is 77.4 cm³/mol. The molecule has 2 aliphatic rings. The van der Waals surface area contributed by atoms with Crippen LogP contribution in [0.1, 0.15) is 47.7 Å². The van der Waals surface area contributed by atoms with Crippen LogP contribution >= 0.6 is 11.3 Å². The Balaban J connectivity index is 1.74.